The van der Waals surface area contributed by atoms with Gasteiger partial charge in [0.25, 0.3) is 5.91 Å². The number of nitrogens with two attached hydrogens (primary N) is 1. The number of carbonyl (C=O) groups is 1. The van der Waals surface area contributed by atoms with Crippen molar-refractivity contribution in [3.05, 3.63) is 64.1 Å². The zero-order valence-electron chi connectivity index (χ0n) is 13.8. The molecule has 0 saturated carbocycles. The summed E-state index contributed by atoms with van der Waals surface area (Å²) < 4.78 is 1.04. The van der Waals surface area contributed by atoms with Crippen LogP contribution in [0.25, 0.3) is 0 Å². The summed E-state index contributed by atoms with van der Waals surface area (Å²) >= 11 is 3.44. The molecule has 2 aromatic rings. The fourth-order valence-electron chi connectivity index (χ4n) is 2.56. The fourth-order valence-corrected chi connectivity index (χ4v) is 2.83. The number of carbonyl (C=O) groups excluding carboxylic acids is 1. The molecule has 24 heavy (non-hydrogen) atoms. The van der Waals surface area contributed by atoms with Crippen molar-refractivity contribution in [2.24, 2.45) is 0 Å². The van der Waals surface area contributed by atoms with Crippen LogP contribution in [0.1, 0.15) is 37.4 Å². The number of nitriles is 1. The van der Waals surface area contributed by atoms with Gasteiger partial charge in [-0.1, -0.05) is 47.1 Å². The molecule has 0 aliphatic heterocycles. The maximum absolute atomic E-state index is 12.5. The van der Waals surface area contributed by atoms with Crippen LogP contribution in [-0.4, -0.2) is 11.9 Å². The molecule has 2 aromatic carbocycles. The van der Waals surface area contributed by atoms with Crippen LogP contribution in [0, 0.1) is 11.3 Å². The predicted molar refractivity (Wildman–Crippen MR) is 98.3 cm³/mol. The number of benzene rings is 2. The second kappa shape index (κ2) is 8.62. The number of rotatable bonds is 6. The number of halogens is 1. The fraction of sp³-hybridized carbons (Fsp3) is 0.263. The van der Waals surface area contributed by atoms with E-state index in [0.29, 0.717) is 11.3 Å². The molecule has 0 aliphatic rings. The first-order chi connectivity index (χ1) is 11.5. The van der Waals surface area contributed by atoms with E-state index in [9.17, 15) is 4.79 Å². The quantitative estimate of drug-likeness (QED) is 0.798. The molecular weight excluding hydrogens is 366 g/mol. The molecular formula is C19H21BrN3O+. The third kappa shape index (κ3) is 4.67. The Balaban J connectivity index is 2.04. The first-order valence-electron chi connectivity index (χ1n) is 7.95. The van der Waals surface area contributed by atoms with E-state index in [2.05, 4.69) is 51.7 Å². The molecule has 124 valence electrons. The van der Waals surface area contributed by atoms with Crippen molar-refractivity contribution in [1.82, 2.24) is 0 Å². The normalized spacial score (nSPS) is 12.9. The van der Waals surface area contributed by atoms with E-state index in [1.54, 1.807) is 18.2 Å². The Morgan fingerprint density at radius 2 is 1.92 bits per heavy atom. The van der Waals surface area contributed by atoms with Gasteiger partial charge in [0.1, 0.15) is 12.1 Å². The molecule has 2 atom stereocenters. The van der Waals surface area contributed by atoms with Gasteiger partial charge >= 0.3 is 0 Å². The van der Waals surface area contributed by atoms with Crippen molar-refractivity contribution in [2.75, 3.05) is 5.32 Å². The number of anilines is 1. The highest BCUT2D eigenvalue weighted by Gasteiger charge is 2.22. The Morgan fingerprint density at radius 1 is 1.25 bits per heavy atom. The molecule has 0 heterocycles. The predicted octanol–water partition coefficient (Wildman–Crippen LogP) is 3.36. The molecule has 0 bridgehead atoms. The van der Waals surface area contributed by atoms with Crippen LogP contribution in [-0.2, 0) is 4.79 Å². The number of hydrogen-bond donors (Lipinski definition) is 2. The van der Waals surface area contributed by atoms with Crippen LogP contribution in [0.3, 0.4) is 0 Å². The Bertz CT molecular complexity index is 737. The average Bonchev–Trinajstić information content (AvgIpc) is 2.60. The van der Waals surface area contributed by atoms with E-state index in [0.717, 1.165) is 10.9 Å². The number of nitrogens with one attached hydrogen (secondary N) is 1. The molecule has 1 amide bonds. The van der Waals surface area contributed by atoms with Gasteiger partial charge in [0.15, 0.2) is 6.04 Å². The van der Waals surface area contributed by atoms with Crippen molar-refractivity contribution in [1.29, 1.82) is 5.26 Å². The molecule has 0 aromatic heterocycles. The highest BCUT2D eigenvalue weighted by molar-refractivity contribution is 9.10. The Morgan fingerprint density at radius 3 is 2.54 bits per heavy atom. The minimum atomic E-state index is -0.259. The second-order valence-electron chi connectivity index (χ2n) is 5.69. The lowest BCUT2D eigenvalue weighted by Gasteiger charge is -2.19. The highest BCUT2D eigenvalue weighted by Crippen LogP contribution is 2.17. The summed E-state index contributed by atoms with van der Waals surface area (Å²) in [6, 6.07) is 17.3. The molecule has 5 heteroatoms. The van der Waals surface area contributed by atoms with Crippen molar-refractivity contribution in [2.45, 2.75) is 32.4 Å². The summed E-state index contributed by atoms with van der Waals surface area (Å²) in [5.41, 5.74) is 2.22. The SMILES string of the molecule is CC[C@@H]([NH2+][C@@H](C)C(=O)Nc1ccccc1C#N)c1ccc(Br)cc1. The molecule has 0 saturated heterocycles. The zero-order chi connectivity index (χ0) is 17.5. The number of hydrogen-bond acceptors (Lipinski definition) is 2. The molecule has 0 spiro atoms. The van der Waals surface area contributed by atoms with Gasteiger partial charge in [0.05, 0.1) is 11.3 Å². The molecule has 4 nitrogen and oxygen atoms in total. The van der Waals surface area contributed by atoms with E-state index in [1.807, 2.05) is 25.1 Å². The summed E-state index contributed by atoms with van der Waals surface area (Å²) in [7, 11) is 0. The number of amides is 1. The smallest absolute Gasteiger partial charge is 0.282 e. The van der Waals surface area contributed by atoms with Gasteiger partial charge < -0.3 is 10.6 Å². The molecule has 3 N–H and O–H groups in total. The van der Waals surface area contributed by atoms with E-state index >= 15 is 0 Å². The standard InChI is InChI=1S/C19H20BrN3O/c1-3-17(14-8-10-16(20)11-9-14)22-13(2)19(24)23-18-7-5-4-6-15(18)12-21/h4-11,13,17,22H,3H2,1-2H3,(H,23,24)/p+1/t13-,17+/m0/s1. The summed E-state index contributed by atoms with van der Waals surface area (Å²) in [6.07, 6.45) is 0.925. The maximum atomic E-state index is 12.5. The molecule has 0 radical (unpaired) electrons. The van der Waals surface area contributed by atoms with Crippen LogP contribution in [0.5, 0.6) is 0 Å². The molecule has 0 unspecified atom stereocenters. The lowest BCUT2D eigenvalue weighted by molar-refractivity contribution is -0.713. The Labute approximate surface area is 151 Å². The van der Waals surface area contributed by atoms with Crippen molar-refractivity contribution < 1.29 is 10.1 Å². The summed E-state index contributed by atoms with van der Waals surface area (Å²) in [5.74, 6) is -0.103. The number of quaternary nitrogens is 1. The van der Waals surface area contributed by atoms with Crippen molar-refractivity contribution in [3.8, 4) is 6.07 Å². The van der Waals surface area contributed by atoms with Gasteiger partial charge in [-0.25, -0.2) is 0 Å². The van der Waals surface area contributed by atoms with Gasteiger partial charge in [-0.2, -0.15) is 5.26 Å². The van der Waals surface area contributed by atoms with Gasteiger partial charge in [-0.15, -0.1) is 0 Å². The van der Waals surface area contributed by atoms with Crippen LogP contribution in [0.4, 0.5) is 5.69 Å². The van der Waals surface area contributed by atoms with E-state index in [-0.39, 0.29) is 18.0 Å². The van der Waals surface area contributed by atoms with Gasteiger partial charge in [0, 0.05) is 16.5 Å². The first-order valence-corrected chi connectivity index (χ1v) is 8.75. The molecule has 2 rings (SSSR count). The highest BCUT2D eigenvalue weighted by atomic mass is 79.9. The minimum absolute atomic E-state index is 0.103. The van der Waals surface area contributed by atoms with Crippen LogP contribution in [0.2, 0.25) is 0 Å². The average molecular weight is 387 g/mol. The van der Waals surface area contributed by atoms with Gasteiger partial charge in [-0.05, 0) is 31.2 Å². The summed E-state index contributed by atoms with van der Waals surface area (Å²) in [4.78, 5) is 12.5. The van der Waals surface area contributed by atoms with Crippen molar-refractivity contribution >= 4 is 27.5 Å². The topological polar surface area (TPSA) is 69.5 Å². The van der Waals surface area contributed by atoms with Crippen LogP contribution < -0.4 is 10.6 Å². The minimum Gasteiger partial charge on any atom is -0.330 e. The van der Waals surface area contributed by atoms with Gasteiger partial charge in [-0.3, -0.25) is 4.79 Å². The summed E-state index contributed by atoms with van der Waals surface area (Å²) in [6.45, 7) is 3.99. The monoisotopic (exact) mass is 386 g/mol. The van der Waals surface area contributed by atoms with Gasteiger partial charge in [0.2, 0.25) is 0 Å². The third-order valence-corrected chi connectivity index (χ3v) is 4.51. The second-order valence-corrected chi connectivity index (χ2v) is 6.61. The van der Waals surface area contributed by atoms with E-state index < -0.39 is 0 Å². The lowest BCUT2D eigenvalue weighted by atomic mass is 10.0. The largest absolute Gasteiger partial charge is 0.330 e. The van der Waals surface area contributed by atoms with Crippen LogP contribution in [0.15, 0.2) is 53.0 Å². The first kappa shape index (κ1) is 18.2. The molecule has 0 aliphatic carbocycles. The van der Waals surface area contributed by atoms with E-state index in [4.69, 9.17) is 5.26 Å². The van der Waals surface area contributed by atoms with Crippen LogP contribution >= 0.6 is 15.9 Å². The Kier molecular flexibility index (Phi) is 6.53. The van der Waals surface area contributed by atoms with Crippen molar-refractivity contribution in [3.63, 3.8) is 0 Å². The lowest BCUT2D eigenvalue weighted by Crippen LogP contribution is -2.92. The summed E-state index contributed by atoms with van der Waals surface area (Å²) in [5, 5.41) is 14.0. The van der Waals surface area contributed by atoms with E-state index in [1.165, 1.54) is 5.56 Å². The Hall–Kier alpha value is -2.16. The maximum Gasteiger partial charge on any atom is 0.282 e. The number of nitrogens with zero attached hydrogens (tertiary/aromatic N) is 1. The number of para-hydroxylation sites is 1. The zero-order valence-corrected chi connectivity index (χ0v) is 15.4. The molecule has 0 fully saturated rings. The third-order valence-electron chi connectivity index (χ3n) is 3.98.